The summed E-state index contributed by atoms with van der Waals surface area (Å²) in [6, 6.07) is 3.31. The molecule has 0 bridgehead atoms. The van der Waals surface area contributed by atoms with Crippen molar-refractivity contribution in [2.24, 2.45) is 0 Å². The van der Waals surface area contributed by atoms with Crippen LogP contribution in [0.25, 0.3) is 0 Å². The van der Waals surface area contributed by atoms with Crippen molar-refractivity contribution in [3.63, 3.8) is 0 Å². The van der Waals surface area contributed by atoms with Crippen LogP contribution in [0.2, 0.25) is 0 Å². The Morgan fingerprint density at radius 3 is 2.67 bits per heavy atom. The Bertz CT molecular complexity index is 437. The molecule has 1 aromatic rings. The van der Waals surface area contributed by atoms with E-state index in [-0.39, 0.29) is 11.1 Å². The van der Waals surface area contributed by atoms with E-state index in [1.165, 1.54) is 6.07 Å². The molecular formula is C10H9BrF3NO3. The third-order valence-corrected chi connectivity index (χ3v) is 2.34. The van der Waals surface area contributed by atoms with E-state index in [9.17, 15) is 18.0 Å². The number of amides is 1. The number of aliphatic hydroxyl groups is 1. The van der Waals surface area contributed by atoms with E-state index in [0.717, 1.165) is 12.1 Å². The van der Waals surface area contributed by atoms with Crippen LogP contribution in [0.3, 0.4) is 0 Å². The van der Waals surface area contributed by atoms with Gasteiger partial charge < -0.3 is 9.84 Å². The van der Waals surface area contributed by atoms with E-state index in [2.05, 4.69) is 20.7 Å². The monoisotopic (exact) mass is 327 g/mol. The minimum absolute atomic E-state index is 0.240. The summed E-state index contributed by atoms with van der Waals surface area (Å²) in [4.78, 5) is 11.1. The van der Waals surface area contributed by atoms with Crippen molar-refractivity contribution in [3.05, 3.63) is 28.2 Å². The van der Waals surface area contributed by atoms with Crippen molar-refractivity contribution in [1.82, 2.24) is 0 Å². The number of benzene rings is 1. The van der Waals surface area contributed by atoms with E-state index in [1.54, 1.807) is 0 Å². The van der Waals surface area contributed by atoms with Crippen LogP contribution in [0.5, 0.6) is 0 Å². The van der Waals surface area contributed by atoms with Gasteiger partial charge in [-0.25, -0.2) is 4.79 Å². The second kappa shape index (κ2) is 6.05. The van der Waals surface area contributed by atoms with E-state index in [4.69, 9.17) is 5.11 Å². The molecule has 0 atom stereocenters. The first kappa shape index (κ1) is 14.8. The van der Waals surface area contributed by atoms with Crippen LogP contribution in [-0.4, -0.2) is 24.4 Å². The molecule has 1 amide bonds. The second-order valence-corrected chi connectivity index (χ2v) is 4.09. The lowest BCUT2D eigenvalue weighted by Gasteiger charge is -2.14. The number of hydrogen-bond acceptors (Lipinski definition) is 3. The lowest BCUT2D eigenvalue weighted by molar-refractivity contribution is -0.137. The van der Waals surface area contributed by atoms with Crippen LogP contribution in [0.1, 0.15) is 5.56 Å². The minimum Gasteiger partial charge on any atom is -0.447 e. The number of rotatable bonds is 3. The Labute approximate surface area is 109 Å². The molecule has 0 aliphatic carbocycles. The largest absolute Gasteiger partial charge is 0.447 e. The van der Waals surface area contributed by atoms with Crippen LogP contribution >= 0.6 is 15.9 Å². The van der Waals surface area contributed by atoms with Gasteiger partial charge in [0, 0.05) is 4.47 Å². The first-order valence-electron chi connectivity index (χ1n) is 4.76. The lowest BCUT2D eigenvalue weighted by atomic mass is 10.1. The molecular weight excluding hydrogens is 319 g/mol. The number of carbonyl (C=O) groups is 1. The molecule has 0 spiro atoms. The van der Waals surface area contributed by atoms with E-state index >= 15 is 0 Å². The molecule has 2 N–H and O–H groups in total. The zero-order chi connectivity index (χ0) is 13.8. The predicted molar refractivity (Wildman–Crippen MR) is 61.2 cm³/mol. The maximum Gasteiger partial charge on any atom is 0.418 e. The first-order valence-corrected chi connectivity index (χ1v) is 5.55. The highest BCUT2D eigenvalue weighted by Gasteiger charge is 2.34. The maximum absolute atomic E-state index is 12.7. The van der Waals surface area contributed by atoms with Gasteiger partial charge in [0.05, 0.1) is 17.9 Å². The Hall–Kier alpha value is -1.28. The summed E-state index contributed by atoms with van der Waals surface area (Å²) in [6.45, 7) is -0.691. The first-order chi connectivity index (χ1) is 8.34. The smallest absolute Gasteiger partial charge is 0.418 e. The molecule has 0 unspecified atom stereocenters. The highest BCUT2D eigenvalue weighted by Crippen LogP contribution is 2.36. The van der Waals surface area contributed by atoms with Gasteiger partial charge in [-0.3, -0.25) is 5.32 Å². The van der Waals surface area contributed by atoms with E-state index < -0.39 is 30.1 Å². The summed E-state index contributed by atoms with van der Waals surface area (Å²) in [5.41, 5.74) is -1.40. The third-order valence-electron chi connectivity index (χ3n) is 1.85. The molecule has 0 aliphatic rings. The van der Waals surface area contributed by atoms with E-state index in [1.807, 2.05) is 5.32 Å². The third kappa shape index (κ3) is 4.19. The fourth-order valence-electron chi connectivity index (χ4n) is 1.14. The fraction of sp³-hybridized carbons (Fsp3) is 0.300. The van der Waals surface area contributed by atoms with Crippen LogP contribution in [0, 0.1) is 0 Å². The van der Waals surface area contributed by atoms with Crippen molar-refractivity contribution in [3.8, 4) is 0 Å². The summed E-state index contributed by atoms with van der Waals surface area (Å²) in [5, 5.41) is 10.4. The number of halogens is 4. The van der Waals surface area contributed by atoms with Gasteiger partial charge in [0.1, 0.15) is 6.61 Å². The maximum atomic E-state index is 12.7. The standard InChI is InChI=1S/C10H9BrF3NO3/c11-6-1-2-8(7(5-6)10(12,13)14)15-9(17)18-4-3-16/h1-2,5,16H,3-4H2,(H,15,17). The molecule has 18 heavy (non-hydrogen) atoms. The van der Waals surface area contributed by atoms with Crippen LogP contribution in [-0.2, 0) is 10.9 Å². The van der Waals surface area contributed by atoms with Gasteiger partial charge >= 0.3 is 12.3 Å². The number of anilines is 1. The SMILES string of the molecule is O=C(Nc1ccc(Br)cc1C(F)(F)F)OCCO. The van der Waals surface area contributed by atoms with Gasteiger partial charge in [-0.05, 0) is 18.2 Å². The summed E-state index contributed by atoms with van der Waals surface area (Å²) in [5.74, 6) is 0. The van der Waals surface area contributed by atoms with Gasteiger partial charge in [0.15, 0.2) is 0 Å². The van der Waals surface area contributed by atoms with Crippen molar-refractivity contribution >= 4 is 27.7 Å². The van der Waals surface area contributed by atoms with Gasteiger partial charge in [0.25, 0.3) is 0 Å². The quantitative estimate of drug-likeness (QED) is 0.897. The molecule has 0 saturated carbocycles. The molecule has 1 aromatic carbocycles. The number of carbonyl (C=O) groups excluding carboxylic acids is 1. The second-order valence-electron chi connectivity index (χ2n) is 3.17. The van der Waals surface area contributed by atoms with E-state index in [0.29, 0.717) is 0 Å². The Balaban J connectivity index is 2.92. The normalized spacial score (nSPS) is 11.2. The molecule has 0 aliphatic heterocycles. The molecule has 0 aromatic heterocycles. The summed E-state index contributed by atoms with van der Waals surface area (Å²) in [6.07, 6.45) is -5.65. The number of ether oxygens (including phenoxy) is 1. The highest BCUT2D eigenvalue weighted by molar-refractivity contribution is 9.10. The Morgan fingerprint density at radius 2 is 2.11 bits per heavy atom. The molecule has 0 saturated heterocycles. The Kier molecular flexibility index (Phi) is 4.97. The molecule has 0 heterocycles. The van der Waals surface area contributed by atoms with Crippen molar-refractivity contribution in [2.45, 2.75) is 6.18 Å². The van der Waals surface area contributed by atoms with Crippen LogP contribution in [0.4, 0.5) is 23.7 Å². The predicted octanol–water partition coefficient (Wildman–Crippen LogP) is 3.01. The average Bonchev–Trinajstić information content (AvgIpc) is 2.27. The van der Waals surface area contributed by atoms with Gasteiger partial charge in [0.2, 0.25) is 0 Å². The van der Waals surface area contributed by atoms with Crippen molar-refractivity contribution < 1.29 is 27.8 Å². The van der Waals surface area contributed by atoms with Gasteiger partial charge in [-0.1, -0.05) is 15.9 Å². The van der Waals surface area contributed by atoms with Gasteiger partial charge in [-0.15, -0.1) is 0 Å². The number of nitrogens with one attached hydrogen (secondary N) is 1. The number of hydrogen-bond donors (Lipinski definition) is 2. The zero-order valence-electron chi connectivity index (χ0n) is 8.92. The molecule has 0 fully saturated rings. The van der Waals surface area contributed by atoms with Crippen molar-refractivity contribution in [2.75, 3.05) is 18.5 Å². The highest BCUT2D eigenvalue weighted by atomic mass is 79.9. The molecule has 4 nitrogen and oxygen atoms in total. The van der Waals surface area contributed by atoms with Crippen LogP contribution in [0.15, 0.2) is 22.7 Å². The van der Waals surface area contributed by atoms with Gasteiger partial charge in [-0.2, -0.15) is 13.2 Å². The number of alkyl halides is 3. The summed E-state index contributed by atoms with van der Waals surface area (Å²) < 4.78 is 42.7. The Morgan fingerprint density at radius 1 is 1.44 bits per heavy atom. The topological polar surface area (TPSA) is 58.6 Å². The minimum atomic E-state index is -4.59. The average molecular weight is 328 g/mol. The molecule has 8 heteroatoms. The van der Waals surface area contributed by atoms with Crippen LogP contribution < -0.4 is 5.32 Å². The fourth-order valence-corrected chi connectivity index (χ4v) is 1.51. The number of aliphatic hydroxyl groups excluding tert-OH is 1. The lowest BCUT2D eigenvalue weighted by Crippen LogP contribution is -2.19. The molecule has 0 radical (unpaired) electrons. The molecule has 1 rings (SSSR count). The van der Waals surface area contributed by atoms with Crippen molar-refractivity contribution in [1.29, 1.82) is 0 Å². The summed E-state index contributed by atoms with van der Waals surface area (Å²) in [7, 11) is 0. The molecule has 100 valence electrons. The zero-order valence-corrected chi connectivity index (χ0v) is 10.5. The summed E-state index contributed by atoms with van der Waals surface area (Å²) >= 11 is 2.92.